The molecule has 0 amide bonds. The van der Waals surface area contributed by atoms with E-state index in [9.17, 15) is 0 Å². The van der Waals surface area contributed by atoms with Crippen LogP contribution in [0.25, 0.3) is 0 Å². The summed E-state index contributed by atoms with van der Waals surface area (Å²) in [5, 5.41) is 3.41. The van der Waals surface area contributed by atoms with Crippen molar-refractivity contribution in [2.24, 2.45) is 5.92 Å². The van der Waals surface area contributed by atoms with Crippen molar-refractivity contribution < 1.29 is 4.74 Å². The maximum atomic E-state index is 5.97. The van der Waals surface area contributed by atoms with Gasteiger partial charge in [0.2, 0.25) is 0 Å². The molecule has 2 rings (SSSR count). The summed E-state index contributed by atoms with van der Waals surface area (Å²) < 4.78 is 5.97. The highest BCUT2D eigenvalue weighted by molar-refractivity contribution is 5.14. The van der Waals surface area contributed by atoms with Gasteiger partial charge in [0.05, 0.1) is 6.10 Å². The summed E-state index contributed by atoms with van der Waals surface area (Å²) in [6.07, 6.45) is 5.23. The van der Waals surface area contributed by atoms with Crippen molar-refractivity contribution in [2.45, 2.75) is 38.7 Å². The maximum absolute atomic E-state index is 5.97. The number of benzene rings is 1. The minimum Gasteiger partial charge on any atom is -0.377 e. The molecule has 1 aromatic carbocycles. The smallest absolute Gasteiger partial charge is 0.0725 e. The number of hydrogen-bond acceptors (Lipinski definition) is 2. The van der Waals surface area contributed by atoms with E-state index in [0.29, 0.717) is 12.0 Å². The van der Waals surface area contributed by atoms with Crippen molar-refractivity contribution in [1.82, 2.24) is 5.32 Å². The molecule has 1 aliphatic rings. The highest BCUT2D eigenvalue weighted by Crippen LogP contribution is 2.15. The molecule has 2 heteroatoms. The van der Waals surface area contributed by atoms with Gasteiger partial charge < -0.3 is 10.1 Å². The molecule has 0 aliphatic carbocycles. The molecule has 2 nitrogen and oxygen atoms in total. The monoisotopic (exact) mass is 247 g/mol. The van der Waals surface area contributed by atoms with Crippen molar-refractivity contribution >= 4 is 0 Å². The lowest BCUT2D eigenvalue weighted by atomic mass is 9.97. The van der Waals surface area contributed by atoms with Gasteiger partial charge in [0.1, 0.15) is 0 Å². The summed E-state index contributed by atoms with van der Waals surface area (Å²) in [6, 6.07) is 10.7. The average molecular weight is 247 g/mol. The predicted molar refractivity (Wildman–Crippen MR) is 75.8 cm³/mol. The third-order valence-electron chi connectivity index (χ3n) is 3.79. The number of ether oxygens (including phenoxy) is 1. The molecule has 2 atom stereocenters. The van der Waals surface area contributed by atoms with Gasteiger partial charge in [-0.05, 0) is 43.7 Å². The SMILES string of the molecule is CC1CCNCC1OCCCCc1ccccc1. The third kappa shape index (κ3) is 4.43. The zero-order valence-electron chi connectivity index (χ0n) is 11.4. The third-order valence-corrected chi connectivity index (χ3v) is 3.79. The summed E-state index contributed by atoms with van der Waals surface area (Å²) in [5.41, 5.74) is 1.44. The zero-order chi connectivity index (χ0) is 12.6. The zero-order valence-corrected chi connectivity index (χ0v) is 11.4. The van der Waals surface area contributed by atoms with E-state index >= 15 is 0 Å². The molecule has 1 fully saturated rings. The van der Waals surface area contributed by atoms with Crippen LogP contribution >= 0.6 is 0 Å². The second-order valence-corrected chi connectivity index (χ2v) is 5.32. The maximum Gasteiger partial charge on any atom is 0.0725 e. The van der Waals surface area contributed by atoms with Crippen LogP contribution in [0.4, 0.5) is 0 Å². The number of nitrogens with one attached hydrogen (secondary N) is 1. The summed E-state index contributed by atoms with van der Waals surface area (Å²) in [4.78, 5) is 0. The van der Waals surface area contributed by atoms with Crippen LogP contribution in [0.3, 0.4) is 0 Å². The van der Waals surface area contributed by atoms with E-state index in [1.54, 1.807) is 0 Å². The first-order valence-corrected chi connectivity index (χ1v) is 7.22. The molecule has 1 aliphatic heterocycles. The van der Waals surface area contributed by atoms with Gasteiger partial charge >= 0.3 is 0 Å². The molecule has 0 spiro atoms. The second kappa shape index (κ2) is 7.55. The van der Waals surface area contributed by atoms with Crippen molar-refractivity contribution in [3.8, 4) is 0 Å². The molecule has 0 radical (unpaired) electrons. The highest BCUT2D eigenvalue weighted by atomic mass is 16.5. The topological polar surface area (TPSA) is 21.3 Å². The number of hydrogen-bond donors (Lipinski definition) is 1. The Morgan fingerprint density at radius 2 is 2.06 bits per heavy atom. The van der Waals surface area contributed by atoms with Crippen LogP contribution in [-0.2, 0) is 11.2 Å². The number of unbranched alkanes of at least 4 members (excludes halogenated alkanes) is 1. The molecule has 1 N–H and O–H groups in total. The minimum absolute atomic E-state index is 0.426. The van der Waals surface area contributed by atoms with Gasteiger partial charge in [-0.25, -0.2) is 0 Å². The van der Waals surface area contributed by atoms with E-state index in [1.807, 2.05) is 0 Å². The Bertz CT molecular complexity index is 325. The Morgan fingerprint density at radius 3 is 2.83 bits per heavy atom. The Balaban J connectivity index is 1.56. The van der Waals surface area contributed by atoms with Crippen molar-refractivity contribution in [3.05, 3.63) is 35.9 Å². The quantitative estimate of drug-likeness (QED) is 0.780. The summed E-state index contributed by atoms with van der Waals surface area (Å²) in [6.45, 7) is 5.38. The molecule has 2 unspecified atom stereocenters. The summed E-state index contributed by atoms with van der Waals surface area (Å²) in [7, 11) is 0. The molecule has 18 heavy (non-hydrogen) atoms. The number of rotatable bonds is 6. The molecule has 100 valence electrons. The standard InChI is InChI=1S/C16H25NO/c1-14-10-11-17-13-16(14)18-12-6-5-9-15-7-3-2-4-8-15/h2-4,7-8,14,16-17H,5-6,9-13H2,1H3. The lowest BCUT2D eigenvalue weighted by Crippen LogP contribution is -2.41. The average Bonchev–Trinajstić information content (AvgIpc) is 2.42. The molecule has 0 saturated carbocycles. The van der Waals surface area contributed by atoms with E-state index < -0.39 is 0 Å². The van der Waals surface area contributed by atoms with Gasteiger partial charge in [0, 0.05) is 13.2 Å². The molecular formula is C16H25NO. The van der Waals surface area contributed by atoms with Crippen molar-refractivity contribution in [3.63, 3.8) is 0 Å². The fourth-order valence-electron chi connectivity index (χ4n) is 2.49. The second-order valence-electron chi connectivity index (χ2n) is 5.32. The van der Waals surface area contributed by atoms with Gasteiger partial charge in [-0.2, -0.15) is 0 Å². The van der Waals surface area contributed by atoms with Crippen LogP contribution in [0.2, 0.25) is 0 Å². The van der Waals surface area contributed by atoms with E-state index in [2.05, 4.69) is 42.6 Å². The summed E-state index contributed by atoms with van der Waals surface area (Å²) in [5.74, 6) is 0.709. The van der Waals surface area contributed by atoms with E-state index in [-0.39, 0.29) is 0 Å². The number of piperidine rings is 1. The predicted octanol–water partition coefficient (Wildman–Crippen LogP) is 3.02. The van der Waals surface area contributed by atoms with Crippen molar-refractivity contribution in [2.75, 3.05) is 19.7 Å². The highest BCUT2D eigenvalue weighted by Gasteiger charge is 2.20. The minimum atomic E-state index is 0.426. The van der Waals surface area contributed by atoms with Crippen LogP contribution in [0.15, 0.2) is 30.3 Å². The molecule has 1 heterocycles. The Labute approximate surface area is 111 Å². The normalized spacial score (nSPS) is 24.1. The first kappa shape index (κ1) is 13.6. The van der Waals surface area contributed by atoms with E-state index in [1.165, 1.54) is 24.8 Å². The van der Waals surface area contributed by atoms with E-state index in [4.69, 9.17) is 4.74 Å². The van der Waals surface area contributed by atoms with Gasteiger partial charge in [0.15, 0.2) is 0 Å². The van der Waals surface area contributed by atoms with Gasteiger partial charge in [-0.1, -0.05) is 37.3 Å². The van der Waals surface area contributed by atoms with Crippen LogP contribution in [-0.4, -0.2) is 25.8 Å². The van der Waals surface area contributed by atoms with Crippen LogP contribution in [0, 0.1) is 5.92 Å². The van der Waals surface area contributed by atoms with Gasteiger partial charge in [-0.3, -0.25) is 0 Å². The van der Waals surface area contributed by atoms with Crippen LogP contribution in [0.1, 0.15) is 31.7 Å². The largest absolute Gasteiger partial charge is 0.377 e. The molecule has 1 aromatic rings. The first-order chi connectivity index (χ1) is 8.86. The van der Waals surface area contributed by atoms with Gasteiger partial charge in [0.25, 0.3) is 0 Å². The Kier molecular flexibility index (Phi) is 5.69. The number of aryl methyl sites for hydroxylation is 1. The fraction of sp³-hybridized carbons (Fsp3) is 0.625. The van der Waals surface area contributed by atoms with E-state index in [0.717, 1.165) is 26.1 Å². The Hall–Kier alpha value is -0.860. The summed E-state index contributed by atoms with van der Waals surface area (Å²) >= 11 is 0. The lowest BCUT2D eigenvalue weighted by Gasteiger charge is -2.29. The Morgan fingerprint density at radius 1 is 1.22 bits per heavy atom. The molecule has 0 aromatic heterocycles. The van der Waals surface area contributed by atoms with Crippen LogP contribution < -0.4 is 5.32 Å². The molecule has 0 bridgehead atoms. The lowest BCUT2D eigenvalue weighted by molar-refractivity contribution is 0.00256. The van der Waals surface area contributed by atoms with Crippen molar-refractivity contribution in [1.29, 1.82) is 0 Å². The van der Waals surface area contributed by atoms with Crippen LogP contribution in [0.5, 0.6) is 0 Å². The first-order valence-electron chi connectivity index (χ1n) is 7.22. The van der Waals surface area contributed by atoms with Gasteiger partial charge in [-0.15, -0.1) is 0 Å². The molecular weight excluding hydrogens is 222 g/mol. The fourth-order valence-corrected chi connectivity index (χ4v) is 2.49. The molecule has 1 saturated heterocycles.